The molecular weight excluding hydrogens is 400 g/mol. The lowest BCUT2D eigenvalue weighted by Gasteiger charge is -2.21. The van der Waals surface area contributed by atoms with Gasteiger partial charge in [-0.1, -0.05) is 43.7 Å². The van der Waals surface area contributed by atoms with Gasteiger partial charge in [0, 0.05) is 19.1 Å². The van der Waals surface area contributed by atoms with Crippen molar-refractivity contribution in [2.75, 3.05) is 19.7 Å². The predicted molar refractivity (Wildman–Crippen MR) is 109 cm³/mol. The first-order valence-electron chi connectivity index (χ1n) is 10.2. The van der Waals surface area contributed by atoms with Crippen molar-refractivity contribution in [3.63, 3.8) is 0 Å². The molecule has 8 heteroatoms. The number of ether oxygens (including phenoxy) is 1. The number of hydrogen-bond donors (Lipinski definition) is 1. The maximum atomic E-state index is 12.6. The normalized spacial score (nSPS) is 19.8. The smallest absolute Gasteiger partial charge is 0.258 e. The Morgan fingerprint density at radius 1 is 1.07 bits per heavy atom. The highest BCUT2D eigenvalue weighted by Crippen LogP contribution is 2.30. The number of carbonyl (C=O) groups excluding carboxylic acids is 1. The zero-order valence-electron chi connectivity index (χ0n) is 16.2. The molecule has 2 aliphatic rings. The number of rotatable bonds is 6. The van der Waals surface area contributed by atoms with Crippen LogP contribution in [0.25, 0.3) is 0 Å². The molecule has 1 aromatic carbocycles. The Hall–Kier alpha value is -1.31. The van der Waals surface area contributed by atoms with Gasteiger partial charge in [-0.3, -0.25) is 4.79 Å². The van der Waals surface area contributed by atoms with Crippen molar-refractivity contribution in [1.29, 1.82) is 0 Å². The van der Waals surface area contributed by atoms with Gasteiger partial charge in [-0.2, -0.15) is 4.31 Å². The van der Waals surface area contributed by atoms with E-state index in [9.17, 15) is 13.2 Å². The molecule has 1 aromatic rings. The van der Waals surface area contributed by atoms with E-state index in [-0.39, 0.29) is 28.5 Å². The molecule has 1 saturated carbocycles. The van der Waals surface area contributed by atoms with E-state index in [0.29, 0.717) is 18.8 Å². The van der Waals surface area contributed by atoms with Gasteiger partial charge in [0.2, 0.25) is 10.0 Å². The number of halogens is 1. The minimum atomic E-state index is -3.52. The number of benzene rings is 1. The summed E-state index contributed by atoms with van der Waals surface area (Å²) in [7, 11) is -3.52. The van der Waals surface area contributed by atoms with Crippen LogP contribution in [0.15, 0.2) is 23.1 Å². The average molecular weight is 429 g/mol. The molecule has 3 rings (SSSR count). The summed E-state index contributed by atoms with van der Waals surface area (Å²) in [6.45, 7) is 0.952. The minimum absolute atomic E-state index is 0.131. The van der Waals surface area contributed by atoms with Crippen LogP contribution in [-0.4, -0.2) is 44.4 Å². The lowest BCUT2D eigenvalue weighted by molar-refractivity contribution is -0.123. The maximum absolute atomic E-state index is 12.6. The molecule has 156 valence electrons. The van der Waals surface area contributed by atoms with Crippen LogP contribution in [0.2, 0.25) is 5.02 Å². The van der Waals surface area contributed by atoms with Crippen molar-refractivity contribution in [1.82, 2.24) is 9.62 Å². The molecule has 6 nitrogen and oxygen atoms in total. The monoisotopic (exact) mass is 428 g/mol. The van der Waals surface area contributed by atoms with Crippen molar-refractivity contribution in [3.8, 4) is 5.75 Å². The van der Waals surface area contributed by atoms with Gasteiger partial charge >= 0.3 is 0 Å². The fourth-order valence-electron chi connectivity index (χ4n) is 3.85. The van der Waals surface area contributed by atoms with Gasteiger partial charge in [0.05, 0.1) is 9.92 Å². The maximum Gasteiger partial charge on any atom is 0.258 e. The summed E-state index contributed by atoms with van der Waals surface area (Å²) in [5, 5.41) is 3.23. The molecular formula is C20H29ClN2O4S. The van der Waals surface area contributed by atoms with Gasteiger partial charge in [-0.25, -0.2) is 8.42 Å². The van der Waals surface area contributed by atoms with E-state index in [1.54, 1.807) is 0 Å². The number of nitrogens with zero attached hydrogens (tertiary/aromatic N) is 1. The third kappa shape index (κ3) is 5.61. The number of sulfonamides is 1. The molecule has 1 amide bonds. The van der Waals surface area contributed by atoms with Crippen molar-refractivity contribution >= 4 is 27.5 Å². The van der Waals surface area contributed by atoms with E-state index in [2.05, 4.69) is 5.32 Å². The topological polar surface area (TPSA) is 75.7 Å². The van der Waals surface area contributed by atoms with Gasteiger partial charge in [0.1, 0.15) is 5.75 Å². The third-order valence-electron chi connectivity index (χ3n) is 5.44. The first kappa shape index (κ1) is 21.4. The lowest BCUT2D eigenvalue weighted by Crippen LogP contribution is -2.38. The van der Waals surface area contributed by atoms with E-state index >= 15 is 0 Å². The Morgan fingerprint density at radius 2 is 1.71 bits per heavy atom. The van der Waals surface area contributed by atoms with Crippen LogP contribution >= 0.6 is 11.6 Å². The molecule has 1 N–H and O–H groups in total. The van der Waals surface area contributed by atoms with E-state index in [1.165, 1.54) is 41.8 Å². The summed E-state index contributed by atoms with van der Waals surface area (Å²) >= 11 is 6.22. The van der Waals surface area contributed by atoms with Gasteiger partial charge in [0.25, 0.3) is 5.91 Å². The van der Waals surface area contributed by atoms with Gasteiger partial charge in [-0.15, -0.1) is 0 Å². The summed E-state index contributed by atoms with van der Waals surface area (Å²) < 4.78 is 32.2. The summed E-state index contributed by atoms with van der Waals surface area (Å²) in [5.74, 6) is 0.144. The van der Waals surface area contributed by atoms with Crippen LogP contribution in [0.3, 0.4) is 0 Å². The van der Waals surface area contributed by atoms with Crippen LogP contribution in [0.5, 0.6) is 5.75 Å². The third-order valence-corrected chi connectivity index (χ3v) is 7.63. The second kappa shape index (κ2) is 9.94. The van der Waals surface area contributed by atoms with Gasteiger partial charge in [-0.05, 0) is 43.9 Å². The molecule has 0 spiro atoms. The second-order valence-corrected chi connectivity index (χ2v) is 9.95. The first-order valence-corrected chi connectivity index (χ1v) is 12.0. The van der Waals surface area contributed by atoms with E-state index in [0.717, 1.165) is 38.5 Å². The number of hydrogen-bond acceptors (Lipinski definition) is 4. The van der Waals surface area contributed by atoms with Crippen LogP contribution in [0, 0.1) is 0 Å². The number of amides is 1. The SMILES string of the molecule is O=C(COc1ccc(S(=O)(=O)N2CCCC2)cc1Cl)NC1CCCCCCC1. The van der Waals surface area contributed by atoms with Crippen molar-refractivity contribution in [2.24, 2.45) is 0 Å². The molecule has 1 heterocycles. The summed E-state index contributed by atoms with van der Waals surface area (Å²) in [6.07, 6.45) is 9.80. The van der Waals surface area contributed by atoms with E-state index in [1.807, 2.05) is 0 Å². The van der Waals surface area contributed by atoms with Gasteiger partial charge < -0.3 is 10.1 Å². The van der Waals surface area contributed by atoms with Crippen LogP contribution in [0.4, 0.5) is 0 Å². The Balaban J connectivity index is 1.55. The molecule has 2 fully saturated rings. The van der Waals surface area contributed by atoms with E-state index in [4.69, 9.17) is 16.3 Å². The Kier molecular flexibility index (Phi) is 7.60. The Bertz CT molecular complexity index is 770. The summed E-state index contributed by atoms with van der Waals surface area (Å²) in [6, 6.07) is 4.62. The van der Waals surface area contributed by atoms with Gasteiger partial charge in [0.15, 0.2) is 6.61 Å². The van der Waals surface area contributed by atoms with Crippen LogP contribution < -0.4 is 10.1 Å². The first-order chi connectivity index (χ1) is 13.5. The minimum Gasteiger partial charge on any atom is -0.482 e. The van der Waals surface area contributed by atoms with Crippen LogP contribution in [0.1, 0.15) is 57.8 Å². The van der Waals surface area contributed by atoms with Crippen molar-refractivity contribution in [2.45, 2.75) is 68.7 Å². The molecule has 1 saturated heterocycles. The predicted octanol–water partition coefficient (Wildman–Crippen LogP) is 3.73. The highest BCUT2D eigenvalue weighted by atomic mass is 35.5. The number of carbonyl (C=O) groups is 1. The standard InChI is InChI=1S/C20H29ClN2O4S/c21-18-14-17(28(25,26)23-12-6-7-13-23)10-11-19(18)27-15-20(24)22-16-8-4-2-1-3-5-9-16/h10-11,14,16H,1-9,12-13,15H2,(H,22,24). The Morgan fingerprint density at radius 3 is 2.36 bits per heavy atom. The molecule has 1 aliphatic carbocycles. The quantitative estimate of drug-likeness (QED) is 0.748. The fourth-order valence-corrected chi connectivity index (χ4v) is 5.69. The molecule has 0 unspecified atom stereocenters. The Labute approximate surface area is 172 Å². The second-order valence-electron chi connectivity index (χ2n) is 7.60. The fraction of sp³-hybridized carbons (Fsp3) is 0.650. The zero-order valence-corrected chi connectivity index (χ0v) is 17.7. The average Bonchev–Trinajstić information content (AvgIpc) is 3.18. The largest absolute Gasteiger partial charge is 0.482 e. The molecule has 0 atom stereocenters. The lowest BCUT2D eigenvalue weighted by atomic mass is 9.97. The molecule has 0 bridgehead atoms. The highest BCUT2D eigenvalue weighted by Gasteiger charge is 2.27. The zero-order chi connectivity index (χ0) is 20.0. The summed E-state index contributed by atoms with van der Waals surface area (Å²) in [5.41, 5.74) is 0. The molecule has 1 aliphatic heterocycles. The number of nitrogens with one attached hydrogen (secondary N) is 1. The van der Waals surface area contributed by atoms with E-state index < -0.39 is 10.0 Å². The van der Waals surface area contributed by atoms with Crippen molar-refractivity contribution < 1.29 is 17.9 Å². The highest BCUT2D eigenvalue weighted by molar-refractivity contribution is 7.89. The summed E-state index contributed by atoms with van der Waals surface area (Å²) in [4.78, 5) is 12.4. The molecule has 28 heavy (non-hydrogen) atoms. The molecule has 0 aromatic heterocycles. The van der Waals surface area contributed by atoms with Crippen molar-refractivity contribution in [3.05, 3.63) is 23.2 Å². The van der Waals surface area contributed by atoms with Crippen LogP contribution in [-0.2, 0) is 14.8 Å². The molecule has 0 radical (unpaired) electrons.